The van der Waals surface area contributed by atoms with E-state index >= 15 is 0 Å². The number of nitrogens with zero attached hydrogens (tertiary/aromatic N) is 2. The molecule has 1 aromatic carbocycles. The van der Waals surface area contributed by atoms with E-state index in [2.05, 4.69) is 38.4 Å². The molecule has 1 aromatic heterocycles. The van der Waals surface area contributed by atoms with E-state index in [9.17, 15) is 4.79 Å². The Hall–Kier alpha value is -2.34. The zero-order valence-corrected chi connectivity index (χ0v) is 15.7. The molecule has 0 spiro atoms. The van der Waals surface area contributed by atoms with Gasteiger partial charge in [-0.3, -0.25) is 4.79 Å². The Labute approximate surface area is 160 Å². The maximum Gasteiger partial charge on any atom is 0.290 e. The van der Waals surface area contributed by atoms with Crippen molar-refractivity contribution in [3.05, 3.63) is 52.6 Å². The van der Waals surface area contributed by atoms with Crippen LogP contribution in [-0.2, 0) is 6.54 Å². The quantitative estimate of drug-likeness (QED) is 0.820. The lowest BCUT2D eigenvalue weighted by atomic mass is 10.0. The van der Waals surface area contributed by atoms with E-state index in [4.69, 9.17) is 4.74 Å². The predicted molar refractivity (Wildman–Crippen MR) is 106 cm³/mol. The van der Waals surface area contributed by atoms with E-state index in [1.165, 1.54) is 18.4 Å². The summed E-state index contributed by atoms with van der Waals surface area (Å²) in [7, 11) is 0. The highest BCUT2D eigenvalue weighted by atomic mass is 16.5. The molecule has 2 aromatic rings. The number of hydrogen-bond donors (Lipinski definition) is 2. The van der Waals surface area contributed by atoms with Gasteiger partial charge in [-0.15, -0.1) is 0 Å². The van der Waals surface area contributed by atoms with Crippen LogP contribution in [0.1, 0.15) is 44.1 Å². The fourth-order valence-electron chi connectivity index (χ4n) is 4.11. The molecule has 2 N–H and O–H groups in total. The molecule has 2 heterocycles. The van der Waals surface area contributed by atoms with E-state index in [0.29, 0.717) is 18.0 Å². The van der Waals surface area contributed by atoms with Crippen LogP contribution in [0, 0.1) is 0 Å². The van der Waals surface area contributed by atoms with Gasteiger partial charge < -0.3 is 19.9 Å². The molecule has 1 saturated carbocycles. The first kappa shape index (κ1) is 18.0. The van der Waals surface area contributed by atoms with E-state index in [1.807, 2.05) is 6.07 Å². The molecule has 0 bridgehead atoms. The largest absolute Gasteiger partial charge is 0.490 e. The summed E-state index contributed by atoms with van der Waals surface area (Å²) in [5.41, 5.74) is 1.09. The van der Waals surface area contributed by atoms with Gasteiger partial charge in [0.2, 0.25) is 0 Å². The second kappa shape index (κ2) is 8.57. The maximum atomic E-state index is 12.0. The van der Waals surface area contributed by atoms with Gasteiger partial charge in [0, 0.05) is 43.6 Å². The molecule has 0 amide bonds. The number of para-hydroxylation sites is 1. The fourth-order valence-corrected chi connectivity index (χ4v) is 4.11. The maximum absolute atomic E-state index is 12.0. The zero-order chi connectivity index (χ0) is 18.5. The summed E-state index contributed by atoms with van der Waals surface area (Å²) in [5, 5.41) is 3.66. The number of aromatic amines is 1. The molecule has 1 aliphatic heterocycles. The van der Waals surface area contributed by atoms with Crippen molar-refractivity contribution in [2.24, 2.45) is 0 Å². The van der Waals surface area contributed by atoms with Gasteiger partial charge >= 0.3 is 0 Å². The van der Waals surface area contributed by atoms with Crippen LogP contribution < -0.4 is 20.5 Å². The predicted octanol–water partition coefficient (Wildman–Crippen LogP) is 2.85. The van der Waals surface area contributed by atoms with Gasteiger partial charge in [-0.2, -0.15) is 0 Å². The first-order valence-electron chi connectivity index (χ1n) is 10.1. The summed E-state index contributed by atoms with van der Waals surface area (Å²) in [4.78, 5) is 21.1. The third-order valence-corrected chi connectivity index (χ3v) is 5.56. The molecule has 1 aliphatic carbocycles. The molecule has 1 atom stereocenters. The normalized spacial score (nSPS) is 20.7. The van der Waals surface area contributed by atoms with E-state index < -0.39 is 0 Å². The van der Waals surface area contributed by atoms with Gasteiger partial charge in [0.25, 0.3) is 5.56 Å². The molecule has 0 unspecified atom stereocenters. The number of nitrogens with one attached hydrogen (secondary N) is 2. The van der Waals surface area contributed by atoms with Crippen molar-refractivity contribution in [2.75, 3.05) is 18.0 Å². The van der Waals surface area contributed by atoms with Crippen molar-refractivity contribution in [2.45, 2.75) is 57.2 Å². The van der Waals surface area contributed by atoms with Crippen LogP contribution in [-0.4, -0.2) is 35.2 Å². The second-order valence-corrected chi connectivity index (χ2v) is 7.54. The highest BCUT2D eigenvalue weighted by molar-refractivity contribution is 5.36. The molecule has 6 nitrogen and oxygen atoms in total. The van der Waals surface area contributed by atoms with Crippen LogP contribution in [0.3, 0.4) is 0 Å². The summed E-state index contributed by atoms with van der Waals surface area (Å²) in [6.07, 6.45) is 10.6. The average Bonchev–Trinajstić information content (AvgIpc) is 3.21. The van der Waals surface area contributed by atoms with Crippen LogP contribution in [0.4, 0.5) is 5.82 Å². The number of ether oxygens (including phenoxy) is 1. The summed E-state index contributed by atoms with van der Waals surface area (Å²) in [6.45, 7) is 2.45. The Bertz CT molecular complexity index is 801. The molecule has 2 aliphatic rings. The van der Waals surface area contributed by atoms with Crippen molar-refractivity contribution in [3.63, 3.8) is 0 Å². The summed E-state index contributed by atoms with van der Waals surface area (Å²) >= 11 is 0. The third kappa shape index (κ3) is 4.50. The van der Waals surface area contributed by atoms with Gasteiger partial charge in [0.15, 0.2) is 5.82 Å². The Balaban J connectivity index is 1.37. The second-order valence-electron chi connectivity index (χ2n) is 7.54. The van der Waals surface area contributed by atoms with Crippen LogP contribution in [0.5, 0.6) is 5.75 Å². The number of hydrogen-bond acceptors (Lipinski definition) is 5. The summed E-state index contributed by atoms with van der Waals surface area (Å²) in [6, 6.07) is 8.67. The molecule has 1 saturated heterocycles. The lowest BCUT2D eigenvalue weighted by Crippen LogP contribution is -2.47. The monoisotopic (exact) mass is 368 g/mol. The molecule has 2 fully saturated rings. The Morgan fingerprint density at radius 3 is 2.89 bits per heavy atom. The molecule has 6 heteroatoms. The van der Waals surface area contributed by atoms with Gasteiger partial charge in [0.05, 0.1) is 6.10 Å². The Morgan fingerprint density at radius 2 is 2.04 bits per heavy atom. The standard InChI is InChI=1S/C21H28N4O2/c26-21-20(22-11-12-23-21)25-13-5-7-17(15-25)24-14-16-6-1-4-10-19(16)27-18-8-2-3-9-18/h1,4,6,10-12,17-18,24H,2-3,5,7-9,13-15H2,(H,23,26)/t17-/m1/s1. The fraction of sp³-hybridized carbons (Fsp3) is 0.524. The molecule has 144 valence electrons. The van der Waals surface area contributed by atoms with Crippen molar-refractivity contribution < 1.29 is 4.74 Å². The van der Waals surface area contributed by atoms with Crippen molar-refractivity contribution in [1.82, 2.24) is 15.3 Å². The number of H-pyrrole nitrogens is 1. The van der Waals surface area contributed by atoms with Gasteiger partial charge in [-0.25, -0.2) is 4.98 Å². The molecule has 27 heavy (non-hydrogen) atoms. The van der Waals surface area contributed by atoms with E-state index in [-0.39, 0.29) is 5.56 Å². The van der Waals surface area contributed by atoms with Gasteiger partial charge in [0.1, 0.15) is 5.75 Å². The Morgan fingerprint density at radius 1 is 1.19 bits per heavy atom. The minimum atomic E-state index is -0.117. The third-order valence-electron chi connectivity index (χ3n) is 5.56. The summed E-state index contributed by atoms with van der Waals surface area (Å²) in [5.74, 6) is 1.53. The minimum absolute atomic E-state index is 0.117. The lowest BCUT2D eigenvalue weighted by Gasteiger charge is -2.33. The van der Waals surface area contributed by atoms with Crippen LogP contribution in [0.25, 0.3) is 0 Å². The number of rotatable bonds is 6. The van der Waals surface area contributed by atoms with E-state index in [1.54, 1.807) is 12.4 Å². The minimum Gasteiger partial charge on any atom is -0.490 e. The molecular formula is C21H28N4O2. The van der Waals surface area contributed by atoms with Crippen LogP contribution in [0.15, 0.2) is 41.5 Å². The Kier molecular flexibility index (Phi) is 5.72. The first-order chi connectivity index (χ1) is 13.3. The first-order valence-corrected chi connectivity index (χ1v) is 10.1. The molecular weight excluding hydrogens is 340 g/mol. The average molecular weight is 368 g/mol. The van der Waals surface area contributed by atoms with E-state index in [0.717, 1.165) is 51.1 Å². The van der Waals surface area contributed by atoms with Crippen LogP contribution >= 0.6 is 0 Å². The number of piperidine rings is 1. The molecule has 0 radical (unpaired) electrons. The summed E-state index contributed by atoms with van der Waals surface area (Å²) < 4.78 is 6.25. The SMILES string of the molecule is O=c1[nH]ccnc1N1CCC[C@@H](NCc2ccccc2OC2CCCC2)C1. The van der Waals surface area contributed by atoms with Crippen LogP contribution in [0.2, 0.25) is 0 Å². The lowest BCUT2D eigenvalue weighted by molar-refractivity contribution is 0.207. The smallest absolute Gasteiger partial charge is 0.290 e. The van der Waals surface area contributed by atoms with Gasteiger partial charge in [-0.05, 0) is 44.6 Å². The van der Waals surface area contributed by atoms with Crippen molar-refractivity contribution in [1.29, 1.82) is 0 Å². The van der Waals surface area contributed by atoms with Crippen molar-refractivity contribution >= 4 is 5.82 Å². The number of aromatic nitrogens is 2. The topological polar surface area (TPSA) is 70.2 Å². The molecule has 4 rings (SSSR count). The highest BCUT2D eigenvalue weighted by Gasteiger charge is 2.23. The number of benzene rings is 1. The number of anilines is 1. The van der Waals surface area contributed by atoms with Crippen molar-refractivity contribution in [3.8, 4) is 5.75 Å². The highest BCUT2D eigenvalue weighted by Crippen LogP contribution is 2.27. The zero-order valence-electron chi connectivity index (χ0n) is 15.7. The van der Waals surface area contributed by atoms with Gasteiger partial charge in [-0.1, -0.05) is 18.2 Å².